The van der Waals surface area contributed by atoms with E-state index in [0.29, 0.717) is 12.1 Å². The molecule has 7 unspecified atom stereocenters. The summed E-state index contributed by atoms with van der Waals surface area (Å²) in [6.45, 7) is 4.97. The van der Waals surface area contributed by atoms with Gasteiger partial charge in [-0.1, -0.05) is 18.2 Å². The Morgan fingerprint density at radius 2 is 2.00 bits per heavy atom. The molecule has 41 heavy (non-hydrogen) atoms. The number of ether oxygens (including phenoxy) is 5. The number of carbonyl (C=O) groups excluding carboxylic acids is 1. The molecule has 3 aliphatic rings. The van der Waals surface area contributed by atoms with E-state index in [4.69, 9.17) is 23.7 Å². The Kier molecular flexibility index (Phi) is 11.2. The number of β-amino-alcohol motifs (C(OH)–C–C–N with tert-alkyl or cyclic N) is 1. The smallest absolute Gasteiger partial charge is 0.337 e. The Bertz CT molecular complexity index is 1080. The van der Waals surface area contributed by atoms with E-state index in [1.807, 2.05) is 0 Å². The van der Waals surface area contributed by atoms with Gasteiger partial charge in [-0.25, -0.2) is 9.59 Å². The highest BCUT2D eigenvalue weighted by Crippen LogP contribution is 2.38. The fraction of sp³-hybridized carbons (Fsp3) is 0.556. The van der Waals surface area contributed by atoms with Gasteiger partial charge in [-0.3, -0.25) is 0 Å². The summed E-state index contributed by atoms with van der Waals surface area (Å²) in [4.78, 5) is 25.9. The van der Waals surface area contributed by atoms with Crippen LogP contribution in [0.4, 0.5) is 0 Å². The SMILES string of the molecule is C=CC1C(OC2OC(CO)C(O)C(O)(O)C2OCC)OC=C(C(=O)OC)C1C=CC1=CC(C(=O)O)=CN(CCO)C1. The van der Waals surface area contributed by atoms with Crippen LogP contribution in [0.1, 0.15) is 6.92 Å². The van der Waals surface area contributed by atoms with Gasteiger partial charge in [-0.2, -0.15) is 0 Å². The number of aliphatic hydroxyl groups excluding tert-OH is 3. The molecule has 3 aliphatic heterocycles. The fourth-order valence-corrected chi connectivity index (χ4v) is 4.80. The molecular weight excluding hydrogens is 546 g/mol. The molecule has 3 heterocycles. The van der Waals surface area contributed by atoms with Gasteiger partial charge in [0.15, 0.2) is 12.4 Å². The highest BCUT2D eigenvalue weighted by molar-refractivity contribution is 5.90. The molecule has 1 fully saturated rings. The first kappa shape index (κ1) is 32.4. The third-order valence-corrected chi connectivity index (χ3v) is 6.87. The van der Waals surface area contributed by atoms with E-state index in [2.05, 4.69) is 6.58 Å². The molecule has 0 saturated carbocycles. The van der Waals surface area contributed by atoms with Crippen LogP contribution >= 0.6 is 0 Å². The maximum absolute atomic E-state index is 12.6. The standard InChI is InChI=1S/C27H37NO13/c1-4-17-18(7-6-15-10-16(23(32)33)12-28(11-15)8-9-29)19(24(34)37-3)14-39-25(17)41-26-22(38-5-2)27(35,36)21(31)20(13-30)40-26/h4,6-7,10,12,14,17-18,20-22,25-26,29-31,35-36H,1,5,8-9,11,13H2,2-3H3,(H,32,33). The molecule has 0 aromatic rings. The molecule has 0 amide bonds. The number of rotatable bonds is 12. The van der Waals surface area contributed by atoms with E-state index in [1.54, 1.807) is 24.0 Å². The van der Waals surface area contributed by atoms with Gasteiger partial charge in [0.05, 0.1) is 43.6 Å². The third-order valence-electron chi connectivity index (χ3n) is 6.87. The zero-order valence-electron chi connectivity index (χ0n) is 22.7. The number of carboxylic acids is 1. The first-order valence-corrected chi connectivity index (χ1v) is 12.9. The van der Waals surface area contributed by atoms with Gasteiger partial charge < -0.3 is 59.2 Å². The van der Waals surface area contributed by atoms with Crippen molar-refractivity contribution >= 4 is 11.9 Å². The number of hydrogen-bond acceptors (Lipinski definition) is 13. The first-order valence-electron chi connectivity index (χ1n) is 12.9. The lowest BCUT2D eigenvalue weighted by Gasteiger charge is -2.47. The van der Waals surface area contributed by atoms with Crippen molar-refractivity contribution in [2.24, 2.45) is 11.8 Å². The van der Waals surface area contributed by atoms with Crippen LogP contribution in [0, 0.1) is 11.8 Å². The van der Waals surface area contributed by atoms with Crippen molar-refractivity contribution in [2.75, 3.05) is 40.0 Å². The predicted octanol–water partition coefficient (Wildman–Crippen LogP) is -1.24. The van der Waals surface area contributed by atoms with E-state index in [9.17, 15) is 40.2 Å². The summed E-state index contributed by atoms with van der Waals surface area (Å²) in [5.41, 5.74) is 0.681. The molecule has 3 rings (SSSR count). The van der Waals surface area contributed by atoms with Crippen LogP contribution in [-0.2, 0) is 33.3 Å². The second-order valence-corrected chi connectivity index (χ2v) is 9.54. The van der Waals surface area contributed by atoms with Crippen LogP contribution in [0.15, 0.2) is 60.1 Å². The minimum atomic E-state index is -2.85. The average Bonchev–Trinajstić information content (AvgIpc) is 2.95. The molecule has 14 nitrogen and oxygen atoms in total. The maximum Gasteiger partial charge on any atom is 0.337 e. The van der Waals surface area contributed by atoms with Crippen molar-refractivity contribution in [1.29, 1.82) is 0 Å². The summed E-state index contributed by atoms with van der Waals surface area (Å²) < 4.78 is 27.5. The molecule has 0 aromatic carbocycles. The summed E-state index contributed by atoms with van der Waals surface area (Å²) in [5.74, 6) is -6.27. The fourth-order valence-electron chi connectivity index (χ4n) is 4.80. The Labute approximate surface area is 236 Å². The van der Waals surface area contributed by atoms with Crippen molar-refractivity contribution in [3.63, 3.8) is 0 Å². The predicted molar refractivity (Wildman–Crippen MR) is 139 cm³/mol. The van der Waals surface area contributed by atoms with E-state index in [-0.39, 0.29) is 30.9 Å². The van der Waals surface area contributed by atoms with Crippen LogP contribution in [0.3, 0.4) is 0 Å². The molecule has 0 spiro atoms. The molecule has 0 radical (unpaired) electrons. The molecular formula is C27H37NO13. The molecule has 228 valence electrons. The minimum absolute atomic E-state index is 0.00335. The number of carboxylic acid groups (broad SMARTS) is 1. The monoisotopic (exact) mass is 583 g/mol. The molecule has 14 heteroatoms. The van der Waals surface area contributed by atoms with Crippen molar-refractivity contribution in [2.45, 2.75) is 43.6 Å². The third kappa shape index (κ3) is 7.23. The van der Waals surface area contributed by atoms with E-state index >= 15 is 0 Å². The quantitative estimate of drug-likeness (QED) is 0.0903. The molecule has 0 bridgehead atoms. The number of hydrogen-bond donors (Lipinski definition) is 6. The van der Waals surface area contributed by atoms with Crippen LogP contribution < -0.4 is 0 Å². The van der Waals surface area contributed by atoms with Crippen LogP contribution in [0.5, 0.6) is 0 Å². The van der Waals surface area contributed by atoms with Crippen molar-refractivity contribution in [3.8, 4) is 0 Å². The second kappa shape index (κ2) is 14.2. The summed E-state index contributed by atoms with van der Waals surface area (Å²) in [6, 6.07) is 0. The van der Waals surface area contributed by atoms with Gasteiger partial charge in [0.1, 0.15) is 12.2 Å². The Balaban J connectivity index is 1.93. The van der Waals surface area contributed by atoms with Crippen molar-refractivity contribution < 1.29 is 63.9 Å². The minimum Gasteiger partial charge on any atom is -0.478 e. The van der Waals surface area contributed by atoms with Crippen LogP contribution in [0.2, 0.25) is 0 Å². The topological polar surface area (TPSA) is 205 Å². The zero-order chi connectivity index (χ0) is 30.3. The van der Waals surface area contributed by atoms with Gasteiger partial charge in [0, 0.05) is 31.8 Å². The zero-order valence-corrected chi connectivity index (χ0v) is 22.7. The van der Waals surface area contributed by atoms with Crippen molar-refractivity contribution in [3.05, 3.63) is 60.1 Å². The number of nitrogens with zero attached hydrogens (tertiary/aromatic N) is 1. The van der Waals surface area contributed by atoms with Crippen LogP contribution in [0.25, 0.3) is 0 Å². The van der Waals surface area contributed by atoms with Gasteiger partial charge >= 0.3 is 11.9 Å². The number of carbonyl (C=O) groups is 2. The summed E-state index contributed by atoms with van der Waals surface area (Å²) in [5, 5.41) is 59.9. The Morgan fingerprint density at radius 1 is 1.27 bits per heavy atom. The average molecular weight is 584 g/mol. The lowest BCUT2D eigenvalue weighted by atomic mass is 9.83. The van der Waals surface area contributed by atoms with Gasteiger partial charge in [-0.15, -0.1) is 6.58 Å². The largest absolute Gasteiger partial charge is 0.478 e. The summed E-state index contributed by atoms with van der Waals surface area (Å²) in [6.07, 6.45) is 1.03. The summed E-state index contributed by atoms with van der Waals surface area (Å²) in [7, 11) is 1.20. The number of allylic oxidation sites excluding steroid dienone is 1. The van der Waals surface area contributed by atoms with Gasteiger partial charge in [0.25, 0.3) is 0 Å². The van der Waals surface area contributed by atoms with Gasteiger partial charge in [-0.05, 0) is 18.6 Å². The summed E-state index contributed by atoms with van der Waals surface area (Å²) >= 11 is 0. The number of esters is 1. The van der Waals surface area contributed by atoms with Crippen LogP contribution in [-0.4, -0.2) is 124 Å². The molecule has 7 atom stereocenters. The maximum atomic E-state index is 12.6. The molecule has 1 saturated heterocycles. The normalized spacial score (nSPS) is 31.5. The van der Waals surface area contributed by atoms with Gasteiger partial charge in [0.2, 0.25) is 12.1 Å². The Hall–Kier alpha value is -3.08. The highest BCUT2D eigenvalue weighted by Gasteiger charge is 2.57. The number of aliphatic carboxylic acids is 1. The molecule has 0 aromatic heterocycles. The van der Waals surface area contributed by atoms with E-state index in [0.717, 1.165) is 6.26 Å². The van der Waals surface area contributed by atoms with Crippen molar-refractivity contribution in [1.82, 2.24) is 4.90 Å². The molecule has 0 aliphatic carbocycles. The highest BCUT2D eigenvalue weighted by atomic mass is 16.8. The van der Waals surface area contributed by atoms with E-state index in [1.165, 1.54) is 25.5 Å². The Morgan fingerprint density at radius 3 is 2.59 bits per heavy atom. The number of methoxy groups -OCH3 is 1. The van der Waals surface area contributed by atoms with E-state index < -0.39 is 67.1 Å². The lowest BCUT2D eigenvalue weighted by Crippen LogP contribution is -2.68. The lowest BCUT2D eigenvalue weighted by molar-refractivity contribution is -0.410. The molecule has 6 N–H and O–H groups in total. The number of aliphatic hydroxyl groups is 5. The first-order chi connectivity index (χ1) is 19.5. The second-order valence-electron chi connectivity index (χ2n) is 9.54.